The maximum absolute atomic E-state index is 11.0. The summed E-state index contributed by atoms with van der Waals surface area (Å²) in [5, 5.41) is 0. The van der Waals surface area contributed by atoms with Crippen LogP contribution < -0.4 is 0 Å². The van der Waals surface area contributed by atoms with Crippen molar-refractivity contribution in [3.8, 4) is 0 Å². The molecule has 0 saturated carbocycles. The van der Waals surface area contributed by atoms with Crippen LogP contribution in [0.5, 0.6) is 0 Å². The van der Waals surface area contributed by atoms with E-state index in [4.69, 9.17) is 0 Å². The Morgan fingerprint density at radius 3 is 2.38 bits per heavy atom. The summed E-state index contributed by atoms with van der Waals surface area (Å²) in [6.07, 6.45) is 3.01. The van der Waals surface area contributed by atoms with Gasteiger partial charge in [-0.25, -0.2) is 0 Å². The molecular formula is C12H16O. The predicted molar refractivity (Wildman–Crippen MR) is 54.8 cm³/mol. The summed E-state index contributed by atoms with van der Waals surface area (Å²) in [7, 11) is 0. The van der Waals surface area contributed by atoms with E-state index in [0.717, 1.165) is 24.7 Å². The fourth-order valence-electron chi connectivity index (χ4n) is 1.61. The maximum atomic E-state index is 11.0. The van der Waals surface area contributed by atoms with Gasteiger partial charge < -0.3 is 4.79 Å². The van der Waals surface area contributed by atoms with Gasteiger partial charge in [-0.05, 0) is 18.9 Å². The van der Waals surface area contributed by atoms with E-state index in [1.54, 1.807) is 0 Å². The summed E-state index contributed by atoms with van der Waals surface area (Å²) in [4.78, 5) is 11.0. The second-order valence-electron chi connectivity index (χ2n) is 3.65. The van der Waals surface area contributed by atoms with Crippen LogP contribution in [0.1, 0.15) is 32.3 Å². The number of hydrogen-bond acceptors (Lipinski definition) is 1. The van der Waals surface area contributed by atoms with Gasteiger partial charge >= 0.3 is 0 Å². The van der Waals surface area contributed by atoms with Gasteiger partial charge in [-0.2, -0.15) is 0 Å². The van der Waals surface area contributed by atoms with Gasteiger partial charge in [0.1, 0.15) is 6.29 Å². The largest absolute Gasteiger partial charge is 0.302 e. The molecule has 0 heterocycles. The number of hydrogen-bond donors (Lipinski definition) is 0. The van der Waals surface area contributed by atoms with Crippen molar-refractivity contribution in [3.05, 3.63) is 35.9 Å². The third-order valence-electron chi connectivity index (χ3n) is 2.46. The van der Waals surface area contributed by atoms with Crippen LogP contribution >= 0.6 is 0 Å². The lowest BCUT2D eigenvalue weighted by molar-refractivity contribution is -0.112. The van der Waals surface area contributed by atoms with E-state index in [1.165, 1.54) is 0 Å². The van der Waals surface area contributed by atoms with Crippen molar-refractivity contribution in [2.75, 3.05) is 0 Å². The molecule has 0 bridgehead atoms. The number of benzene rings is 1. The molecule has 0 aliphatic carbocycles. The third-order valence-corrected chi connectivity index (χ3v) is 2.46. The maximum Gasteiger partial charge on any atom is 0.130 e. The van der Waals surface area contributed by atoms with Crippen LogP contribution in [-0.4, -0.2) is 6.29 Å². The third kappa shape index (κ3) is 2.18. The Balaban J connectivity index is 2.95. The molecule has 0 fully saturated rings. The molecule has 1 aromatic carbocycles. The first kappa shape index (κ1) is 9.97. The first-order valence-corrected chi connectivity index (χ1v) is 4.75. The second kappa shape index (κ2) is 4.22. The topological polar surface area (TPSA) is 17.1 Å². The Morgan fingerprint density at radius 1 is 1.31 bits per heavy atom. The number of aldehydes is 1. The van der Waals surface area contributed by atoms with Gasteiger partial charge in [-0.3, -0.25) is 0 Å². The summed E-state index contributed by atoms with van der Waals surface area (Å²) >= 11 is 0. The molecule has 13 heavy (non-hydrogen) atoms. The fraction of sp³-hybridized carbons (Fsp3) is 0.417. The van der Waals surface area contributed by atoms with Gasteiger partial charge in [0.25, 0.3) is 0 Å². The highest BCUT2D eigenvalue weighted by atomic mass is 16.1. The zero-order valence-corrected chi connectivity index (χ0v) is 8.29. The summed E-state index contributed by atoms with van der Waals surface area (Å²) < 4.78 is 0. The van der Waals surface area contributed by atoms with Crippen molar-refractivity contribution in [2.24, 2.45) is 0 Å². The highest BCUT2D eigenvalue weighted by Crippen LogP contribution is 2.26. The first-order chi connectivity index (χ1) is 6.23. The van der Waals surface area contributed by atoms with Crippen molar-refractivity contribution in [3.63, 3.8) is 0 Å². The van der Waals surface area contributed by atoms with Gasteiger partial charge in [-0.15, -0.1) is 0 Å². The smallest absolute Gasteiger partial charge is 0.130 e. The average Bonchev–Trinajstić information content (AvgIpc) is 2.19. The molecule has 0 spiro atoms. The average molecular weight is 176 g/mol. The zero-order valence-electron chi connectivity index (χ0n) is 8.29. The predicted octanol–water partition coefficient (Wildman–Crippen LogP) is 2.94. The van der Waals surface area contributed by atoms with Crippen molar-refractivity contribution in [1.82, 2.24) is 0 Å². The molecule has 1 nitrogen and oxygen atoms in total. The Kier molecular flexibility index (Phi) is 3.24. The van der Waals surface area contributed by atoms with Crippen LogP contribution in [0.15, 0.2) is 30.3 Å². The Labute approximate surface area is 79.8 Å². The van der Waals surface area contributed by atoms with Crippen molar-refractivity contribution >= 4 is 6.29 Å². The second-order valence-corrected chi connectivity index (χ2v) is 3.65. The minimum Gasteiger partial charge on any atom is -0.302 e. The molecule has 1 rings (SSSR count). The molecule has 70 valence electrons. The highest BCUT2D eigenvalue weighted by molar-refractivity contribution is 5.67. The van der Waals surface area contributed by atoms with E-state index in [0.29, 0.717) is 0 Å². The van der Waals surface area contributed by atoms with Gasteiger partial charge in [0.05, 0.1) is 0 Å². The molecule has 0 amide bonds. The molecule has 0 unspecified atom stereocenters. The van der Waals surface area contributed by atoms with Crippen molar-refractivity contribution in [1.29, 1.82) is 0 Å². The van der Waals surface area contributed by atoms with Crippen molar-refractivity contribution < 1.29 is 4.79 Å². The number of carbonyl (C=O) groups excluding carboxylic acids is 1. The normalized spacial score (nSPS) is 14.9. The molecule has 1 atom stereocenters. The minimum atomic E-state index is -0.296. The van der Waals surface area contributed by atoms with E-state index in [1.807, 2.05) is 37.3 Å². The van der Waals surface area contributed by atoms with E-state index in [9.17, 15) is 4.79 Å². The monoisotopic (exact) mass is 176 g/mol. The van der Waals surface area contributed by atoms with Gasteiger partial charge in [0, 0.05) is 5.41 Å². The standard InChI is InChI=1S/C12H16O/c1-3-9-12(2,10-13)11-7-5-4-6-8-11/h4-8,10H,3,9H2,1-2H3/t12-/m0/s1. The summed E-state index contributed by atoms with van der Waals surface area (Å²) in [6, 6.07) is 9.97. The highest BCUT2D eigenvalue weighted by Gasteiger charge is 2.24. The summed E-state index contributed by atoms with van der Waals surface area (Å²) in [6.45, 7) is 4.10. The number of rotatable bonds is 4. The Bertz CT molecular complexity index is 266. The summed E-state index contributed by atoms with van der Waals surface area (Å²) in [5.41, 5.74) is 0.822. The van der Waals surface area contributed by atoms with E-state index < -0.39 is 0 Å². The molecule has 0 saturated heterocycles. The van der Waals surface area contributed by atoms with Gasteiger partial charge in [-0.1, -0.05) is 43.7 Å². The van der Waals surface area contributed by atoms with Crippen LogP contribution in [0.3, 0.4) is 0 Å². The minimum absolute atomic E-state index is 0.296. The van der Waals surface area contributed by atoms with Crippen LogP contribution in [0, 0.1) is 0 Å². The van der Waals surface area contributed by atoms with E-state index in [2.05, 4.69) is 6.92 Å². The molecule has 1 heteroatoms. The quantitative estimate of drug-likeness (QED) is 0.645. The van der Waals surface area contributed by atoms with Crippen LogP contribution in [-0.2, 0) is 10.2 Å². The molecule has 0 aliphatic rings. The lowest BCUT2D eigenvalue weighted by Gasteiger charge is -2.22. The van der Waals surface area contributed by atoms with E-state index in [-0.39, 0.29) is 5.41 Å². The lowest BCUT2D eigenvalue weighted by atomic mass is 9.80. The Morgan fingerprint density at radius 2 is 1.92 bits per heavy atom. The lowest BCUT2D eigenvalue weighted by Crippen LogP contribution is -2.23. The molecular weight excluding hydrogens is 160 g/mol. The first-order valence-electron chi connectivity index (χ1n) is 4.75. The molecule has 0 aromatic heterocycles. The van der Waals surface area contributed by atoms with E-state index >= 15 is 0 Å². The molecule has 0 radical (unpaired) electrons. The molecule has 1 aromatic rings. The Hall–Kier alpha value is -1.11. The fourth-order valence-corrected chi connectivity index (χ4v) is 1.61. The number of carbonyl (C=O) groups is 1. The SMILES string of the molecule is CCC[C@@](C)(C=O)c1ccccc1. The van der Waals surface area contributed by atoms with Crippen molar-refractivity contribution in [2.45, 2.75) is 32.1 Å². The summed E-state index contributed by atoms with van der Waals surface area (Å²) in [5.74, 6) is 0. The molecule has 0 N–H and O–H groups in total. The zero-order chi connectivity index (χ0) is 9.73. The molecule has 0 aliphatic heterocycles. The van der Waals surface area contributed by atoms with Crippen LogP contribution in [0.4, 0.5) is 0 Å². The van der Waals surface area contributed by atoms with Gasteiger partial charge in [0.15, 0.2) is 0 Å². The van der Waals surface area contributed by atoms with Gasteiger partial charge in [0.2, 0.25) is 0 Å². The van der Waals surface area contributed by atoms with Crippen LogP contribution in [0.25, 0.3) is 0 Å². The van der Waals surface area contributed by atoms with Crippen LogP contribution in [0.2, 0.25) is 0 Å².